The quantitative estimate of drug-likeness (QED) is 0.196. The van der Waals surface area contributed by atoms with Crippen molar-refractivity contribution < 1.29 is 97.2 Å². The van der Waals surface area contributed by atoms with Gasteiger partial charge in [0.25, 0.3) is 5.97 Å². The zero-order valence-corrected chi connectivity index (χ0v) is 14.5. The van der Waals surface area contributed by atoms with Crippen LogP contribution in [0.15, 0.2) is 0 Å². The van der Waals surface area contributed by atoms with E-state index in [0.29, 0.717) is 0 Å². The van der Waals surface area contributed by atoms with Crippen molar-refractivity contribution in [2.45, 2.75) is 6.92 Å². The summed E-state index contributed by atoms with van der Waals surface area (Å²) in [6.45, 7) is 1.08. The van der Waals surface area contributed by atoms with E-state index in [2.05, 4.69) is 0 Å². The molecule has 0 spiro atoms. The van der Waals surface area contributed by atoms with Gasteiger partial charge < -0.3 is 5.11 Å². The number of carboxylic acid groups (broad SMARTS) is 1. The maximum absolute atomic E-state index is 9.00. The van der Waals surface area contributed by atoms with Crippen molar-refractivity contribution in [2.75, 3.05) is 0 Å². The Labute approximate surface area is 141 Å². The number of carboxylic acids is 1. The van der Waals surface area contributed by atoms with Crippen LogP contribution in [0.2, 0.25) is 0 Å². The first kappa shape index (κ1) is 37.4. The molecule has 14 nitrogen and oxygen atoms in total. The van der Waals surface area contributed by atoms with E-state index in [1.54, 1.807) is 0 Å². The molecular formula is C2H10Cr2O14S3. The van der Waals surface area contributed by atoms with E-state index in [9.17, 15) is 0 Å². The molecule has 0 saturated heterocycles. The minimum Gasteiger partial charge on any atom is -0.481 e. The zero-order valence-electron chi connectivity index (χ0n) is 9.53. The average Bonchev–Trinajstić information content (AvgIpc) is 1.66. The maximum atomic E-state index is 9.00. The third kappa shape index (κ3) is 316000. The van der Waals surface area contributed by atoms with Gasteiger partial charge in [0, 0.05) is 41.6 Å². The molecule has 0 atom stereocenters. The maximum Gasteiger partial charge on any atom is 0.394 e. The molecule has 0 aromatic heterocycles. The molecule has 0 unspecified atom stereocenters. The molecule has 0 amide bonds. The first-order valence-electron chi connectivity index (χ1n) is 3.02. The minimum atomic E-state index is -4.67. The summed E-state index contributed by atoms with van der Waals surface area (Å²) in [5, 5.41) is 7.42. The van der Waals surface area contributed by atoms with E-state index in [0.717, 1.165) is 6.92 Å². The van der Waals surface area contributed by atoms with Crippen molar-refractivity contribution in [3.8, 4) is 0 Å². The van der Waals surface area contributed by atoms with Gasteiger partial charge in [-0.25, -0.2) is 0 Å². The van der Waals surface area contributed by atoms with Gasteiger partial charge in [-0.05, 0) is 0 Å². The van der Waals surface area contributed by atoms with Crippen LogP contribution in [0, 0.1) is 0 Å². The Balaban J connectivity index is -0.0000000347. The van der Waals surface area contributed by atoms with E-state index in [1.165, 1.54) is 0 Å². The fraction of sp³-hybridized carbons (Fsp3) is 0.500. The Hall–Kier alpha value is 0.145. The molecule has 19 heteroatoms. The summed E-state index contributed by atoms with van der Waals surface area (Å²) in [6, 6.07) is 0. The Morgan fingerprint density at radius 3 is 0.619 bits per heavy atom. The van der Waals surface area contributed by atoms with Crippen molar-refractivity contribution in [2.24, 2.45) is 0 Å². The molecule has 21 heavy (non-hydrogen) atoms. The van der Waals surface area contributed by atoms with Crippen molar-refractivity contribution >= 4 is 37.2 Å². The first-order valence-corrected chi connectivity index (χ1v) is 7.21. The molecule has 0 aliphatic heterocycles. The number of rotatable bonds is 0. The van der Waals surface area contributed by atoms with Crippen LogP contribution in [0.5, 0.6) is 0 Å². The summed E-state index contributed by atoms with van der Waals surface area (Å²) in [4.78, 5) is 9.00. The van der Waals surface area contributed by atoms with Gasteiger partial charge in [0.2, 0.25) is 0 Å². The molecule has 0 rings (SSSR count). The van der Waals surface area contributed by atoms with Crippen LogP contribution in [-0.2, 0) is 70.7 Å². The number of hydrogen-bond acceptors (Lipinski definition) is 7. The van der Waals surface area contributed by atoms with Gasteiger partial charge in [0.15, 0.2) is 0 Å². The second-order valence-electron chi connectivity index (χ2n) is 1.86. The van der Waals surface area contributed by atoms with Gasteiger partial charge >= 0.3 is 31.2 Å². The molecule has 0 aliphatic carbocycles. The van der Waals surface area contributed by atoms with Crippen LogP contribution in [0.3, 0.4) is 0 Å². The number of hydrogen-bond donors (Lipinski definition) is 7. The third-order valence-corrected chi connectivity index (χ3v) is 0. The molecule has 0 bridgehead atoms. The molecule has 7 N–H and O–H groups in total. The van der Waals surface area contributed by atoms with Crippen LogP contribution >= 0.6 is 0 Å². The van der Waals surface area contributed by atoms with Crippen molar-refractivity contribution in [3.63, 3.8) is 0 Å². The van der Waals surface area contributed by atoms with E-state index < -0.39 is 37.2 Å². The number of aliphatic carboxylic acids is 1. The Kier molecular flexibility index (Phi) is 29.4. The zero-order chi connectivity index (χ0) is 17.1. The standard InChI is InChI=1S/C2H4O2.2Cr.3H2O4S/c1-2(3)4;;;3*1-5(2,3)4/h1H3,(H,3,4);;;3*(H2,1,2,3,4). The van der Waals surface area contributed by atoms with Gasteiger partial charge in [0.1, 0.15) is 0 Å². The summed E-state index contributed by atoms with van der Waals surface area (Å²) >= 11 is 0. The first-order chi connectivity index (χ1) is 7.73. The molecular weight excluding hydrogens is 448 g/mol. The molecule has 0 radical (unpaired) electrons. The predicted octanol–water partition coefficient (Wildman–Crippen LogP) is -1.87. The second kappa shape index (κ2) is 16.5. The molecule has 0 aromatic rings. The molecule has 0 saturated carbocycles. The van der Waals surface area contributed by atoms with E-state index in [-0.39, 0.29) is 34.7 Å². The van der Waals surface area contributed by atoms with Gasteiger partial charge in [-0.15, -0.1) is 0 Å². The summed E-state index contributed by atoms with van der Waals surface area (Å²) < 4.78 is 94.8. The summed E-state index contributed by atoms with van der Waals surface area (Å²) in [6.07, 6.45) is 0. The van der Waals surface area contributed by atoms with Gasteiger partial charge in [-0.2, -0.15) is 25.3 Å². The average molecular weight is 458 g/mol. The molecule has 0 heterocycles. The van der Waals surface area contributed by atoms with Gasteiger partial charge in [-0.3, -0.25) is 32.1 Å². The van der Waals surface area contributed by atoms with Crippen LogP contribution in [-0.4, -0.2) is 63.6 Å². The van der Waals surface area contributed by atoms with E-state index >= 15 is 0 Å². The van der Waals surface area contributed by atoms with Crippen LogP contribution in [0.1, 0.15) is 6.92 Å². The van der Waals surface area contributed by atoms with Crippen molar-refractivity contribution in [1.82, 2.24) is 0 Å². The van der Waals surface area contributed by atoms with Gasteiger partial charge in [-0.1, -0.05) is 0 Å². The number of carbonyl (C=O) groups is 1. The van der Waals surface area contributed by atoms with E-state index in [1.807, 2.05) is 0 Å². The van der Waals surface area contributed by atoms with Crippen molar-refractivity contribution in [1.29, 1.82) is 0 Å². The van der Waals surface area contributed by atoms with Gasteiger partial charge in [0.05, 0.1) is 0 Å². The largest absolute Gasteiger partial charge is 0.481 e. The Morgan fingerprint density at radius 1 is 0.619 bits per heavy atom. The van der Waals surface area contributed by atoms with Crippen LogP contribution in [0.25, 0.3) is 0 Å². The summed E-state index contributed by atoms with van der Waals surface area (Å²) in [5.74, 6) is -0.833. The fourth-order valence-electron chi connectivity index (χ4n) is 0. The fourth-order valence-corrected chi connectivity index (χ4v) is 0. The molecule has 0 fully saturated rings. The summed E-state index contributed by atoms with van der Waals surface area (Å²) in [7, 11) is -14.0. The molecule has 0 aromatic carbocycles. The van der Waals surface area contributed by atoms with Crippen molar-refractivity contribution in [3.05, 3.63) is 0 Å². The SMILES string of the molecule is CC(=O)O.O=S(=O)(O)O.O=S(=O)(O)O.O=S(=O)(O)O.[Cr].[Cr]. The predicted molar refractivity (Wildman–Crippen MR) is 55.8 cm³/mol. The molecule has 0 aliphatic rings. The Bertz CT molecular complexity index is 427. The van der Waals surface area contributed by atoms with Crippen LogP contribution in [0.4, 0.5) is 0 Å². The second-order valence-corrected chi connectivity index (χ2v) is 4.55. The summed E-state index contributed by atoms with van der Waals surface area (Å²) in [5.41, 5.74) is 0. The molecule has 132 valence electrons. The normalized spacial score (nSPS) is 9.48. The smallest absolute Gasteiger partial charge is 0.394 e. The monoisotopic (exact) mass is 458 g/mol. The van der Waals surface area contributed by atoms with Crippen LogP contribution < -0.4 is 0 Å². The third-order valence-electron chi connectivity index (χ3n) is 0. The Morgan fingerprint density at radius 2 is 0.619 bits per heavy atom. The minimum absolute atomic E-state index is 0. The topological polar surface area (TPSA) is 261 Å². The van der Waals surface area contributed by atoms with E-state index in [4.69, 9.17) is 62.5 Å².